The molecule has 0 aromatic heterocycles. The van der Waals surface area contributed by atoms with Crippen LogP contribution in [0.5, 0.6) is 5.75 Å². The minimum atomic E-state index is -0.543. The first-order valence-corrected chi connectivity index (χ1v) is 8.29. The molecule has 0 saturated heterocycles. The monoisotopic (exact) mass is 368 g/mol. The summed E-state index contributed by atoms with van der Waals surface area (Å²) in [7, 11) is 2.64. The van der Waals surface area contributed by atoms with Gasteiger partial charge >= 0.3 is 11.7 Å². The van der Waals surface area contributed by atoms with E-state index >= 15 is 0 Å². The Kier molecular flexibility index (Phi) is 7.98. The Morgan fingerprint density at radius 2 is 2.00 bits per heavy atom. The lowest BCUT2D eigenvalue weighted by Crippen LogP contribution is -2.94. The highest BCUT2D eigenvalue weighted by Gasteiger charge is 2.29. The van der Waals surface area contributed by atoms with Crippen molar-refractivity contribution in [2.75, 3.05) is 26.1 Å². The van der Waals surface area contributed by atoms with E-state index in [1.54, 1.807) is 12.2 Å². The van der Waals surface area contributed by atoms with Crippen LogP contribution in [0, 0.1) is 23.0 Å². The van der Waals surface area contributed by atoms with Crippen molar-refractivity contribution in [2.45, 2.75) is 33.2 Å². The number of nitro benzene ring substituents is 1. The number of nitro groups is 1. The van der Waals surface area contributed by atoms with E-state index < -0.39 is 11.0 Å². The zero-order valence-electron chi connectivity index (χ0n) is 15.7. The fourth-order valence-electron chi connectivity index (χ4n) is 2.50. The van der Waals surface area contributed by atoms with Gasteiger partial charge in [0, 0.05) is 23.7 Å². The lowest BCUT2D eigenvalue weighted by atomic mass is 9.99. The Labute approximate surface area is 152 Å². The number of carbonyl (C=O) groups excluding carboxylic acids is 2. The normalized spacial score (nSPS) is 12.8. The molecule has 0 radical (unpaired) electrons. The summed E-state index contributed by atoms with van der Waals surface area (Å²) in [6.45, 7) is 5.55. The number of nitrogens with zero attached hydrogens (tertiary/aromatic N) is 1. The molecule has 0 aliphatic rings. The smallest absolute Gasteiger partial charge is 0.364 e. The van der Waals surface area contributed by atoms with E-state index in [1.165, 1.54) is 26.4 Å². The molecule has 9 heteroatoms. The van der Waals surface area contributed by atoms with Crippen LogP contribution in [0.4, 0.5) is 11.4 Å². The van der Waals surface area contributed by atoms with E-state index in [0.717, 1.165) is 6.42 Å². The van der Waals surface area contributed by atoms with Crippen molar-refractivity contribution >= 4 is 23.3 Å². The minimum absolute atomic E-state index is 0.0167. The number of hydrogen-bond acceptors (Lipinski definition) is 6. The molecule has 0 saturated carbocycles. The van der Waals surface area contributed by atoms with Crippen LogP contribution in [0.15, 0.2) is 12.1 Å². The molecule has 0 fully saturated rings. The van der Waals surface area contributed by atoms with Crippen LogP contribution in [0.2, 0.25) is 0 Å². The van der Waals surface area contributed by atoms with Gasteiger partial charge in [0.05, 0.1) is 19.1 Å². The number of nitrogens with one attached hydrogen (secondary N) is 1. The molecule has 9 nitrogen and oxygen atoms in total. The van der Waals surface area contributed by atoms with Crippen molar-refractivity contribution in [1.29, 1.82) is 0 Å². The molecule has 0 unspecified atom stereocenters. The molecule has 26 heavy (non-hydrogen) atoms. The van der Waals surface area contributed by atoms with Crippen LogP contribution < -0.4 is 15.4 Å². The third kappa shape index (κ3) is 5.41. The lowest BCUT2D eigenvalue weighted by Gasteiger charge is -2.18. The molecule has 0 bridgehead atoms. The predicted molar refractivity (Wildman–Crippen MR) is 95.1 cm³/mol. The van der Waals surface area contributed by atoms with Crippen LogP contribution in [0.1, 0.15) is 25.8 Å². The van der Waals surface area contributed by atoms with Gasteiger partial charge in [-0.2, -0.15) is 0 Å². The largest absolute Gasteiger partial charge is 0.490 e. The number of esters is 1. The lowest BCUT2D eigenvalue weighted by molar-refractivity contribution is -0.673. The van der Waals surface area contributed by atoms with Gasteiger partial charge < -0.3 is 20.1 Å². The van der Waals surface area contributed by atoms with E-state index in [2.05, 4.69) is 5.32 Å². The van der Waals surface area contributed by atoms with Gasteiger partial charge in [-0.15, -0.1) is 0 Å². The summed E-state index contributed by atoms with van der Waals surface area (Å²) in [6.07, 6.45) is 0.774. The fourth-order valence-corrected chi connectivity index (χ4v) is 2.50. The molecular weight excluding hydrogens is 342 g/mol. The topological polar surface area (TPSA) is 124 Å². The van der Waals surface area contributed by atoms with Crippen LogP contribution in [-0.4, -0.2) is 43.6 Å². The molecule has 3 N–H and O–H groups in total. The van der Waals surface area contributed by atoms with Crippen LogP contribution in [-0.2, 0) is 14.3 Å². The van der Waals surface area contributed by atoms with Crippen LogP contribution in [0.3, 0.4) is 0 Å². The molecule has 0 aliphatic heterocycles. The summed E-state index contributed by atoms with van der Waals surface area (Å²) in [6, 6.07) is 2.29. The Morgan fingerprint density at radius 1 is 1.35 bits per heavy atom. The number of aryl methyl sites for hydroxylation is 1. The summed E-state index contributed by atoms with van der Waals surface area (Å²) in [5.74, 6) is -0.593. The predicted octanol–water partition coefficient (Wildman–Crippen LogP) is 1.00. The molecular formula is C17H26N3O6+. The number of carbonyl (C=O) groups is 2. The van der Waals surface area contributed by atoms with Gasteiger partial charge in [-0.25, -0.2) is 4.79 Å². The SMILES string of the molecule is CC[C@@H](C)[C@@H]([NH2+]CC(=O)Nc1cc(OC)c([N+](=O)[O-])cc1C)C(=O)OC. The van der Waals surface area contributed by atoms with E-state index in [-0.39, 0.29) is 35.8 Å². The summed E-state index contributed by atoms with van der Waals surface area (Å²) < 4.78 is 9.80. The third-order valence-corrected chi connectivity index (χ3v) is 4.28. The van der Waals surface area contributed by atoms with Crippen molar-refractivity contribution < 1.29 is 29.3 Å². The Morgan fingerprint density at radius 3 is 2.50 bits per heavy atom. The standard InChI is InChI=1S/C17H25N3O6/c1-6-10(2)16(17(22)26-5)18-9-15(21)19-12-8-14(25-4)13(20(23)24)7-11(12)3/h7-8,10,16,18H,6,9H2,1-5H3,(H,19,21)/p+1/t10-,16-/m1/s1. The highest BCUT2D eigenvalue weighted by molar-refractivity contribution is 5.92. The first-order valence-electron chi connectivity index (χ1n) is 8.29. The number of ether oxygens (including phenoxy) is 2. The Hall–Kier alpha value is -2.68. The van der Waals surface area contributed by atoms with Gasteiger partial charge in [-0.1, -0.05) is 13.8 Å². The number of benzene rings is 1. The van der Waals surface area contributed by atoms with Crippen molar-refractivity contribution in [3.05, 3.63) is 27.8 Å². The van der Waals surface area contributed by atoms with Gasteiger partial charge in [0.15, 0.2) is 18.3 Å². The first kappa shape index (κ1) is 21.4. The van der Waals surface area contributed by atoms with E-state index in [0.29, 0.717) is 11.3 Å². The molecule has 2 atom stereocenters. The second kappa shape index (κ2) is 9.71. The number of anilines is 1. The summed E-state index contributed by atoms with van der Waals surface area (Å²) >= 11 is 0. The van der Waals surface area contributed by atoms with Gasteiger partial charge in [0.1, 0.15) is 0 Å². The van der Waals surface area contributed by atoms with Gasteiger partial charge in [-0.3, -0.25) is 14.9 Å². The van der Waals surface area contributed by atoms with Gasteiger partial charge in [-0.05, 0) is 18.9 Å². The molecule has 1 aromatic carbocycles. The van der Waals surface area contributed by atoms with E-state index in [1.807, 2.05) is 13.8 Å². The molecule has 0 spiro atoms. The number of nitrogens with two attached hydrogens (primary N) is 1. The van der Waals surface area contributed by atoms with Crippen LogP contribution >= 0.6 is 0 Å². The number of hydrogen-bond donors (Lipinski definition) is 2. The van der Waals surface area contributed by atoms with Gasteiger partial charge in [0.25, 0.3) is 5.91 Å². The number of quaternary nitrogens is 1. The second-order valence-electron chi connectivity index (χ2n) is 6.02. The van der Waals surface area contributed by atoms with Crippen molar-refractivity contribution in [3.8, 4) is 5.75 Å². The Bertz CT molecular complexity index is 677. The van der Waals surface area contributed by atoms with Crippen molar-refractivity contribution in [1.82, 2.24) is 0 Å². The molecule has 0 aliphatic carbocycles. The highest BCUT2D eigenvalue weighted by Crippen LogP contribution is 2.32. The molecule has 1 rings (SSSR count). The van der Waals surface area contributed by atoms with Crippen molar-refractivity contribution in [3.63, 3.8) is 0 Å². The molecule has 1 aromatic rings. The third-order valence-electron chi connectivity index (χ3n) is 4.28. The maximum Gasteiger partial charge on any atom is 0.364 e. The fraction of sp³-hybridized carbons (Fsp3) is 0.529. The van der Waals surface area contributed by atoms with Gasteiger partial charge in [0.2, 0.25) is 0 Å². The summed E-state index contributed by atoms with van der Waals surface area (Å²) in [4.78, 5) is 34.6. The molecule has 1 amide bonds. The minimum Gasteiger partial charge on any atom is -0.490 e. The molecule has 0 heterocycles. The van der Waals surface area contributed by atoms with E-state index in [9.17, 15) is 19.7 Å². The maximum absolute atomic E-state index is 12.2. The maximum atomic E-state index is 12.2. The van der Waals surface area contributed by atoms with E-state index in [4.69, 9.17) is 9.47 Å². The zero-order valence-corrected chi connectivity index (χ0v) is 15.7. The first-order chi connectivity index (χ1) is 12.2. The number of amides is 1. The summed E-state index contributed by atoms with van der Waals surface area (Å²) in [5.41, 5.74) is 0.790. The highest BCUT2D eigenvalue weighted by atomic mass is 16.6. The average molecular weight is 368 g/mol. The van der Waals surface area contributed by atoms with Crippen molar-refractivity contribution in [2.24, 2.45) is 5.92 Å². The quantitative estimate of drug-likeness (QED) is 0.381. The molecule has 144 valence electrons. The second-order valence-corrected chi connectivity index (χ2v) is 6.02. The number of methoxy groups -OCH3 is 2. The van der Waals surface area contributed by atoms with Crippen LogP contribution in [0.25, 0.3) is 0 Å². The average Bonchev–Trinajstić information content (AvgIpc) is 2.62. The summed E-state index contributed by atoms with van der Waals surface area (Å²) in [5, 5.41) is 15.3. The number of rotatable bonds is 9. The zero-order chi connectivity index (χ0) is 19.9. The Balaban J connectivity index is 2.84.